The first kappa shape index (κ1) is 21.0. The second-order valence-electron chi connectivity index (χ2n) is 5.81. The number of guanidine groups is 1. The molecule has 0 bridgehead atoms. The van der Waals surface area contributed by atoms with Crippen LogP contribution < -0.4 is 10.6 Å². The molecule has 0 saturated carbocycles. The average Bonchev–Trinajstić information content (AvgIpc) is 3.09. The second-order valence-corrected chi connectivity index (χ2v) is 5.81. The molecule has 0 saturated heterocycles. The zero-order valence-electron chi connectivity index (χ0n) is 14.4. The van der Waals surface area contributed by atoms with Crippen molar-refractivity contribution in [3.8, 4) is 0 Å². The van der Waals surface area contributed by atoms with E-state index in [9.17, 15) is 5.11 Å². The molecule has 24 heavy (non-hydrogen) atoms. The number of hydrogen-bond donors (Lipinski definition) is 3. The molecule has 0 spiro atoms. The molecule has 0 aliphatic carbocycles. The Balaban J connectivity index is 0.00000288. The van der Waals surface area contributed by atoms with Crippen molar-refractivity contribution in [3.63, 3.8) is 0 Å². The third-order valence-electron chi connectivity index (χ3n) is 3.74. The SMILES string of the molecule is CCNC(=NCC(C)(O)c1ccco1)NCCC1=CCOCC1.I. The lowest BCUT2D eigenvalue weighted by Crippen LogP contribution is -2.39. The summed E-state index contributed by atoms with van der Waals surface area (Å²) in [5.74, 6) is 1.22. The van der Waals surface area contributed by atoms with Gasteiger partial charge in [-0.05, 0) is 38.8 Å². The number of ether oxygens (including phenoxy) is 1. The fraction of sp³-hybridized carbons (Fsp3) is 0.588. The largest absolute Gasteiger partial charge is 0.466 e. The molecule has 0 aromatic carbocycles. The maximum Gasteiger partial charge on any atom is 0.191 e. The van der Waals surface area contributed by atoms with Crippen molar-refractivity contribution in [2.75, 3.05) is 32.8 Å². The van der Waals surface area contributed by atoms with Gasteiger partial charge in [0.15, 0.2) is 5.96 Å². The highest BCUT2D eigenvalue weighted by atomic mass is 127. The lowest BCUT2D eigenvalue weighted by atomic mass is 10.0. The minimum Gasteiger partial charge on any atom is -0.466 e. The van der Waals surface area contributed by atoms with Crippen molar-refractivity contribution in [1.82, 2.24) is 10.6 Å². The number of nitrogens with zero attached hydrogens (tertiary/aromatic N) is 1. The zero-order valence-corrected chi connectivity index (χ0v) is 16.7. The van der Waals surface area contributed by atoms with Crippen molar-refractivity contribution in [1.29, 1.82) is 0 Å². The van der Waals surface area contributed by atoms with Gasteiger partial charge in [-0.3, -0.25) is 0 Å². The van der Waals surface area contributed by atoms with Crippen LogP contribution >= 0.6 is 24.0 Å². The van der Waals surface area contributed by atoms with Crippen LogP contribution in [0.15, 0.2) is 39.5 Å². The van der Waals surface area contributed by atoms with Gasteiger partial charge in [-0.25, -0.2) is 4.99 Å². The van der Waals surface area contributed by atoms with Crippen LogP contribution in [0.25, 0.3) is 0 Å². The molecule has 1 aliphatic rings. The maximum atomic E-state index is 10.4. The van der Waals surface area contributed by atoms with Crippen LogP contribution in [-0.2, 0) is 10.3 Å². The Labute approximate surface area is 160 Å². The molecular weight excluding hydrogens is 421 g/mol. The second kappa shape index (κ2) is 10.7. The average molecular weight is 449 g/mol. The number of aliphatic hydroxyl groups is 1. The first-order valence-electron chi connectivity index (χ1n) is 8.16. The van der Waals surface area contributed by atoms with E-state index in [0.29, 0.717) is 11.7 Å². The van der Waals surface area contributed by atoms with Gasteiger partial charge in [0.2, 0.25) is 0 Å². The number of rotatable bonds is 7. The third-order valence-corrected chi connectivity index (χ3v) is 3.74. The molecule has 1 aliphatic heterocycles. The third kappa shape index (κ3) is 6.82. The molecule has 1 aromatic heterocycles. The topological polar surface area (TPSA) is 79.0 Å². The summed E-state index contributed by atoms with van der Waals surface area (Å²) in [4.78, 5) is 4.46. The van der Waals surface area contributed by atoms with E-state index in [1.54, 1.807) is 25.3 Å². The minimum atomic E-state index is -1.12. The van der Waals surface area contributed by atoms with Crippen molar-refractivity contribution < 1.29 is 14.3 Å². The van der Waals surface area contributed by atoms with Crippen LogP contribution in [0.3, 0.4) is 0 Å². The number of furan rings is 1. The Hall–Kier alpha value is -1.06. The summed E-state index contributed by atoms with van der Waals surface area (Å²) in [5.41, 5.74) is 0.303. The summed E-state index contributed by atoms with van der Waals surface area (Å²) in [7, 11) is 0. The molecule has 7 heteroatoms. The maximum absolute atomic E-state index is 10.4. The zero-order chi connectivity index (χ0) is 16.5. The summed E-state index contributed by atoms with van der Waals surface area (Å²) >= 11 is 0. The molecule has 2 heterocycles. The summed E-state index contributed by atoms with van der Waals surface area (Å²) in [6.07, 6.45) is 5.68. The van der Waals surface area contributed by atoms with Gasteiger partial charge < -0.3 is 24.9 Å². The van der Waals surface area contributed by atoms with Gasteiger partial charge in [-0.2, -0.15) is 0 Å². The predicted molar refractivity (Wildman–Crippen MR) is 106 cm³/mol. The monoisotopic (exact) mass is 449 g/mol. The van der Waals surface area contributed by atoms with E-state index in [-0.39, 0.29) is 30.5 Å². The van der Waals surface area contributed by atoms with Crippen LogP contribution in [-0.4, -0.2) is 43.9 Å². The van der Waals surface area contributed by atoms with Crippen molar-refractivity contribution in [3.05, 3.63) is 35.8 Å². The first-order valence-corrected chi connectivity index (χ1v) is 8.16. The van der Waals surface area contributed by atoms with E-state index in [2.05, 4.69) is 21.7 Å². The van der Waals surface area contributed by atoms with Gasteiger partial charge in [-0.15, -0.1) is 24.0 Å². The standard InChI is InChI=1S/C17H27N3O3.HI/c1-3-18-16(19-9-6-14-7-11-22-12-8-14)20-13-17(2,21)15-5-4-10-23-15;/h4-5,7,10,21H,3,6,8-9,11-13H2,1-2H3,(H2,18,19,20);1H. The lowest BCUT2D eigenvalue weighted by molar-refractivity contribution is 0.0437. The van der Waals surface area contributed by atoms with E-state index in [0.717, 1.165) is 39.1 Å². The Morgan fingerprint density at radius 2 is 2.25 bits per heavy atom. The van der Waals surface area contributed by atoms with Crippen LogP contribution in [0.2, 0.25) is 0 Å². The highest BCUT2D eigenvalue weighted by molar-refractivity contribution is 14.0. The highest BCUT2D eigenvalue weighted by Gasteiger charge is 2.26. The molecule has 1 aromatic rings. The molecule has 0 radical (unpaired) electrons. The van der Waals surface area contributed by atoms with E-state index in [1.165, 1.54) is 5.57 Å². The molecule has 1 unspecified atom stereocenters. The molecule has 2 rings (SSSR count). The van der Waals surface area contributed by atoms with Crippen LogP contribution in [0.5, 0.6) is 0 Å². The lowest BCUT2D eigenvalue weighted by Gasteiger charge is -2.20. The Kier molecular flexibility index (Phi) is 9.38. The van der Waals surface area contributed by atoms with Crippen LogP contribution in [0.4, 0.5) is 0 Å². The first-order chi connectivity index (χ1) is 11.1. The molecule has 6 nitrogen and oxygen atoms in total. The van der Waals surface area contributed by atoms with Gasteiger partial charge in [0, 0.05) is 13.1 Å². The summed E-state index contributed by atoms with van der Waals surface area (Å²) in [5, 5.41) is 16.9. The van der Waals surface area contributed by atoms with Gasteiger partial charge in [0.25, 0.3) is 0 Å². The Morgan fingerprint density at radius 1 is 1.42 bits per heavy atom. The van der Waals surface area contributed by atoms with Crippen molar-refractivity contribution >= 4 is 29.9 Å². The molecule has 3 N–H and O–H groups in total. The number of aliphatic imine (C=N–C) groups is 1. The van der Waals surface area contributed by atoms with E-state index in [1.807, 2.05) is 6.92 Å². The Bertz CT molecular complexity index is 527. The van der Waals surface area contributed by atoms with Crippen LogP contribution in [0, 0.1) is 0 Å². The van der Waals surface area contributed by atoms with Crippen LogP contribution in [0.1, 0.15) is 32.4 Å². The molecule has 136 valence electrons. The fourth-order valence-corrected chi connectivity index (χ4v) is 2.37. The van der Waals surface area contributed by atoms with Gasteiger partial charge >= 0.3 is 0 Å². The minimum absolute atomic E-state index is 0. The smallest absolute Gasteiger partial charge is 0.191 e. The van der Waals surface area contributed by atoms with Gasteiger partial charge in [-0.1, -0.05) is 11.6 Å². The highest BCUT2D eigenvalue weighted by Crippen LogP contribution is 2.21. The summed E-state index contributed by atoms with van der Waals surface area (Å²) in [6.45, 7) is 7.05. The number of hydrogen-bond acceptors (Lipinski definition) is 4. The number of halogens is 1. The normalized spacial score (nSPS) is 17.5. The van der Waals surface area contributed by atoms with E-state index < -0.39 is 5.60 Å². The predicted octanol–water partition coefficient (Wildman–Crippen LogP) is 2.40. The molecule has 0 fully saturated rings. The quantitative estimate of drug-likeness (QED) is 0.258. The Morgan fingerprint density at radius 3 is 2.88 bits per heavy atom. The van der Waals surface area contributed by atoms with E-state index in [4.69, 9.17) is 9.15 Å². The molecule has 0 amide bonds. The summed E-state index contributed by atoms with van der Waals surface area (Å²) in [6, 6.07) is 3.52. The number of nitrogens with one attached hydrogen (secondary N) is 2. The van der Waals surface area contributed by atoms with Gasteiger partial charge in [0.1, 0.15) is 11.4 Å². The molecular formula is C17H28IN3O3. The molecule has 1 atom stereocenters. The summed E-state index contributed by atoms with van der Waals surface area (Å²) < 4.78 is 10.6. The van der Waals surface area contributed by atoms with Crippen molar-refractivity contribution in [2.45, 2.75) is 32.3 Å². The fourth-order valence-electron chi connectivity index (χ4n) is 2.37. The van der Waals surface area contributed by atoms with Crippen molar-refractivity contribution in [2.24, 2.45) is 4.99 Å². The van der Waals surface area contributed by atoms with E-state index >= 15 is 0 Å². The van der Waals surface area contributed by atoms with Gasteiger partial charge in [0.05, 0.1) is 26.0 Å².